The Morgan fingerprint density at radius 1 is 1.10 bits per heavy atom. The first-order chi connectivity index (χ1) is 14.5. The number of rotatable bonds is 6. The molecule has 30 heavy (non-hydrogen) atoms. The van der Waals surface area contributed by atoms with Crippen LogP contribution in [0.5, 0.6) is 5.75 Å². The second-order valence-electron chi connectivity index (χ2n) is 7.74. The Bertz CT molecular complexity index is 1040. The lowest BCUT2D eigenvalue weighted by Gasteiger charge is -2.37. The van der Waals surface area contributed by atoms with E-state index in [0.717, 1.165) is 24.5 Å². The number of carbonyl (C=O) groups excluding carboxylic acids is 1. The Hall–Kier alpha value is -3.02. The molecule has 1 unspecified atom stereocenters. The number of halogens is 1. The van der Waals surface area contributed by atoms with E-state index in [0.29, 0.717) is 22.9 Å². The Morgan fingerprint density at radius 2 is 1.93 bits per heavy atom. The Labute approximate surface area is 181 Å². The average molecular weight is 422 g/mol. The van der Waals surface area contributed by atoms with Crippen molar-refractivity contribution in [1.82, 2.24) is 5.32 Å². The molecule has 4 rings (SSSR count). The molecular formula is C24H24ClN3O2. The van der Waals surface area contributed by atoms with Crippen molar-refractivity contribution in [2.75, 3.05) is 23.8 Å². The highest BCUT2D eigenvalue weighted by Crippen LogP contribution is 2.33. The zero-order valence-electron chi connectivity index (χ0n) is 16.7. The van der Waals surface area contributed by atoms with Crippen molar-refractivity contribution in [3.8, 4) is 5.75 Å². The zero-order chi connectivity index (χ0) is 21.0. The van der Waals surface area contributed by atoms with Crippen LogP contribution in [0.4, 0.5) is 11.4 Å². The van der Waals surface area contributed by atoms with Gasteiger partial charge in [-0.1, -0.05) is 48.0 Å². The second-order valence-corrected chi connectivity index (χ2v) is 8.18. The SMILES string of the molecule is CC1(CNCc2ccccc2)COc2ccc(C(=O)Nc3cccc(Cl)c3)cc2N1. The number of ether oxygens (including phenoxy) is 1. The molecule has 0 saturated carbocycles. The minimum absolute atomic E-state index is 0.198. The maximum Gasteiger partial charge on any atom is 0.255 e. The van der Waals surface area contributed by atoms with Crippen LogP contribution in [0.3, 0.4) is 0 Å². The van der Waals surface area contributed by atoms with E-state index in [2.05, 4.69) is 35.0 Å². The lowest BCUT2D eigenvalue weighted by molar-refractivity contribution is 0.102. The lowest BCUT2D eigenvalue weighted by atomic mass is 10.00. The van der Waals surface area contributed by atoms with Gasteiger partial charge in [0.25, 0.3) is 5.91 Å². The number of hydrogen-bond donors (Lipinski definition) is 3. The number of benzene rings is 3. The fourth-order valence-electron chi connectivity index (χ4n) is 3.44. The van der Waals surface area contributed by atoms with E-state index < -0.39 is 0 Å². The second kappa shape index (κ2) is 8.78. The predicted molar refractivity (Wildman–Crippen MR) is 122 cm³/mol. The van der Waals surface area contributed by atoms with Gasteiger partial charge < -0.3 is 20.7 Å². The van der Waals surface area contributed by atoms with Crippen molar-refractivity contribution in [2.45, 2.75) is 19.0 Å². The van der Waals surface area contributed by atoms with Gasteiger partial charge in [0, 0.05) is 29.4 Å². The number of amides is 1. The summed E-state index contributed by atoms with van der Waals surface area (Å²) in [6, 6.07) is 22.8. The number of nitrogens with one attached hydrogen (secondary N) is 3. The van der Waals surface area contributed by atoms with Gasteiger partial charge >= 0.3 is 0 Å². The molecule has 3 aromatic carbocycles. The first kappa shape index (κ1) is 20.3. The van der Waals surface area contributed by atoms with Crippen LogP contribution in [0.2, 0.25) is 5.02 Å². The van der Waals surface area contributed by atoms with E-state index in [-0.39, 0.29) is 11.4 Å². The fraction of sp³-hybridized carbons (Fsp3) is 0.208. The van der Waals surface area contributed by atoms with Crippen molar-refractivity contribution in [1.29, 1.82) is 0 Å². The summed E-state index contributed by atoms with van der Waals surface area (Å²) in [7, 11) is 0. The third kappa shape index (κ3) is 4.93. The molecule has 1 aliphatic heterocycles. The Morgan fingerprint density at radius 3 is 2.73 bits per heavy atom. The molecule has 0 aromatic heterocycles. The smallest absolute Gasteiger partial charge is 0.255 e. The third-order valence-electron chi connectivity index (χ3n) is 4.99. The Balaban J connectivity index is 1.41. The number of anilines is 2. The molecule has 0 fully saturated rings. The van der Waals surface area contributed by atoms with Gasteiger partial charge in [-0.2, -0.15) is 0 Å². The van der Waals surface area contributed by atoms with Gasteiger partial charge in [0.15, 0.2) is 0 Å². The molecule has 1 aliphatic rings. The third-order valence-corrected chi connectivity index (χ3v) is 5.23. The minimum atomic E-state index is -0.288. The maximum atomic E-state index is 12.7. The summed E-state index contributed by atoms with van der Waals surface area (Å²) < 4.78 is 5.96. The maximum absolute atomic E-state index is 12.7. The van der Waals surface area contributed by atoms with Gasteiger partial charge in [-0.25, -0.2) is 0 Å². The Kier molecular flexibility index (Phi) is 5.93. The summed E-state index contributed by atoms with van der Waals surface area (Å²) in [5.74, 6) is 0.547. The molecule has 3 aromatic rings. The van der Waals surface area contributed by atoms with Gasteiger partial charge in [0.1, 0.15) is 12.4 Å². The predicted octanol–water partition coefficient (Wildman–Crippen LogP) is 4.95. The van der Waals surface area contributed by atoms with Crippen LogP contribution in [-0.2, 0) is 6.54 Å². The summed E-state index contributed by atoms with van der Waals surface area (Å²) in [4.78, 5) is 12.7. The van der Waals surface area contributed by atoms with Gasteiger partial charge in [-0.05, 0) is 48.9 Å². The van der Waals surface area contributed by atoms with Crippen molar-refractivity contribution in [2.24, 2.45) is 0 Å². The fourth-order valence-corrected chi connectivity index (χ4v) is 3.63. The molecule has 0 aliphatic carbocycles. The summed E-state index contributed by atoms with van der Waals surface area (Å²) in [5.41, 5.74) is 2.96. The molecular weight excluding hydrogens is 398 g/mol. The molecule has 0 bridgehead atoms. The quantitative estimate of drug-likeness (QED) is 0.527. The van der Waals surface area contributed by atoms with Crippen LogP contribution in [-0.4, -0.2) is 24.6 Å². The highest BCUT2D eigenvalue weighted by molar-refractivity contribution is 6.31. The number of carbonyl (C=O) groups is 1. The van der Waals surface area contributed by atoms with E-state index in [9.17, 15) is 4.79 Å². The van der Waals surface area contributed by atoms with E-state index in [4.69, 9.17) is 16.3 Å². The molecule has 0 spiro atoms. The molecule has 0 radical (unpaired) electrons. The van der Waals surface area contributed by atoms with E-state index in [1.807, 2.05) is 30.3 Å². The van der Waals surface area contributed by atoms with Crippen molar-refractivity contribution in [3.05, 3.63) is 88.9 Å². The van der Waals surface area contributed by atoms with E-state index in [1.54, 1.807) is 30.3 Å². The molecule has 154 valence electrons. The number of fused-ring (bicyclic) bond motifs is 1. The van der Waals surface area contributed by atoms with Gasteiger partial charge in [0.2, 0.25) is 0 Å². The van der Waals surface area contributed by atoms with E-state index >= 15 is 0 Å². The van der Waals surface area contributed by atoms with E-state index in [1.165, 1.54) is 5.56 Å². The van der Waals surface area contributed by atoms with Crippen molar-refractivity contribution < 1.29 is 9.53 Å². The van der Waals surface area contributed by atoms with Crippen LogP contribution in [0.25, 0.3) is 0 Å². The summed E-state index contributed by atoms with van der Waals surface area (Å²) in [6.07, 6.45) is 0. The first-order valence-electron chi connectivity index (χ1n) is 9.87. The van der Waals surface area contributed by atoms with Crippen LogP contribution in [0.1, 0.15) is 22.8 Å². The highest BCUT2D eigenvalue weighted by atomic mass is 35.5. The van der Waals surface area contributed by atoms with Crippen LogP contribution < -0.4 is 20.7 Å². The summed E-state index contributed by atoms with van der Waals surface area (Å²) in [5, 5.41) is 10.5. The van der Waals surface area contributed by atoms with Gasteiger partial charge in [-0.3, -0.25) is 4.79 Å². The molecule has 1 heterocycles. The molecule has 1 amide bonds. The number of hydrogen-bond acceptors (Lipinski definition) is 4. The normalized spacial score (nSPS) is 17.4. The summed E-state index contributed by atoms with van der Waals surface area (Å²) in [6.45, 7) is 4.15. The zero-order valence-corrected chi connectivity index (χ0v) is 17.5. The average Bonchev–Trinajstić information content (AvgIpc) is 2.74. The van der Waals surface area contributed by atoms with Crippen LogP contribution >= 0.6 is 11.6 Å². The molecule has 6 heteroatoms. The monoisotopic (exact) mass is 421 g/mol. The van der Waals surface area contributed by atoms with Gasteiger partial charge in [0.05, 0.1) is 11.2 Å². The van der Waals surface area contributed by atoms with Crippen LogP contribution in [0, 0.1) is 0 Å². The van der Waals surface area contributed by atoms with Gasteiger partial charge in [-0.15, -0.1) is 0 Å². The van der Waals surface area contributed by atoms with Crippen LogP contribution in [0.15, 0.2) is 72.8 Å². The van der Waals surface area contributed by atoms with Crippen molar-refractivity contribution >= 4 is 28.9 Å². The highest BCUT2D eigenvalue weighted by Gasteiger charge is 2.30. The first-order valence-corrected chi connectivity index (χ1v) is 10.3. The standard InChI is InChI=1S/C24H24ClN3O2/c1-24(15-26-14-17-6-3-2-4-7-17)16-30-22-11-10-18(12-21(22)28-24)23(29)27-20-9-5-8-19(25)13-20/h2-13,26,28H,14-16H2,1H3,(H,27,29). The lowest BCUT2D eigenvalue weighted by Crippen LogP contribution is -2.51. The minimum Gasteiger partial charge on any atom is -0.489 e. The summed E-state index contributed by atoms with van der Waals surface area (Å²) >= 11 is 6.00. The topological polar surface area (TPSA) is 62.4 Å². The van der Waals surface area contributed by atoms with Crippen molar-refractivity contribution in [3.63, 3.8) is 0 Å². The molecule has 5 nitrogen and oxygen atoms in total. The molecule has 0 saturated heterocycles. The largest absolute Gasteiger partial charge is 0.489 e. The molecule has 1 atom stereocenters. The molecule has 3 N–H and O–H groups in total.